The topological polar surface area (TPSA) is 62.5 Å². The number of aliphatic hydroxyl groups is 1. The van der Waals surface area contributed by atoms with Crippen molar-refractivity contribution in [3.8, 4) is 0 Å². The van der Waals surface area contributed by atoms with E-state index in [1.54, 1.807) is 13.0 Å². The number of hydrogen-bond donors (Lipinski definition) is 2. The molecule has 0 spiro atoms. The van der Waals surface area contributed by atoms with Crippen LogP contribution in [0.4, 0.5) is 0 Å². The minimum atomic E-state index is -0.389. The zero-order valence-corrected chi connectivity index (χ0v) is 9.12. The van der Waals surface area contributed by atoms with Gasteiger partial charge in [0.1, 0.15) is 5.76 Å². The molecule has 4 heteroatoms. The summed E-state index contributed by atoms with van der Waals surface area (Å²) in [4.78, 5) is 11.6. The van der Waals surface area contributed by atoms with Gasteiger partial charge in [-0.25, -0.2) is 0 Å². The van der Waals surface area contributed by atoms with Gasteiger partial charge < -0.3 is 14.8 Å². The Balaban J connectivity index is 2.47. The fourth-order valence-corrected chi connectivity index (χ4v) is 1.31. The summed E-state index contributed by atoms with van der Waals surface area (Å²) in [5, 5.41) is 11.8. The van der Waals surface area contributed by atoms with Crippen LogP contribution in [0.3, 0.4) is 0 Å². The smallest absolute Gasteiger partial charge is 0.254 e. The predicted molar refractivity (Wildman–Crippen MR) is 56.7 cm³/mol. The normalized spacial score (nSPS) is 12.5. The van der Waals surface area contributed by atoms with E-state index < -0.39 is 0 Å². The molecule has 1 unspecified atom stereocenters. The number of rotatable bonds is 5. The second-order valence-corrected chi connectivity index (χ2v) is 3.50. The molecule has 0 bridgehead atoms. The van der Waals surface area contributed by atoms with Crippen molar-refractivity contribution in [2.45, 2.75) is 32.8 Å². The van der Waals surface area contributed by atoms with E-state index in [2.05, 4.69) is 5.32 Å². The summed E-state index contributed by atoms with van der Waals surface area (Å²) in [6.07, 6.45) is 2.39. The lowest BCUT2D eigenvalue weighted by molar-refractivity contribution is 0.0943. The number of aryl methyl sites for hydroxylation is 1. The van der Waals surface area contributed by atoms with Gasteiger partial charge in [0.05, 0.1) is 17.9 Å². The van der Waals surface area contributed by atoms with Crippen LogP contribution in [0.5, 0.6) is 0 Å². The van der Waals surface area contributed by atoms with Crippen LogP contribution in [0.25, 0.3) is 0 Å². The second kappa shape index (κ2) is 5.56. The molecule has 1 heterocycles. The minimum Gasteiger partial charge on any atom is -0.469 e. The van der Waals surface area contributed by atoms with Crippen molar-refractivity contribution >= 4 is 5.91 Å². The van der Waals surface area contributed by atoms with Crippen molar-refractivity contribution in [2.24, 2.45) is 0 Å². The average Bonchev–Trinajstić information content (AvgIpc) is 2.64. The molecule has 1 atom stereocenters. The molecular formula is C11H17NO3. The lowest BCUT2D eigenvalue weighted by Gasteiger charge is -2.06. The van der Waals surface area contributed by atoms with E-state index in [0.717, 1.165) is 0 Å². The zero-order valence-electron chi connectivity index (χ0n) is 9.12. The van der Waals surface area contributed by atoms with Gasteiger partial charge in [-0.2, -0.15) is 0 Å². The molecule has 0 fully saturated rings. The highest BCUT2D eigenvalue weighted by Crippen LogP contribution is 2.10. The zero-order chi connectivity index (χ0) is 11.3. The fraction of sp³-hybridized carbons (Fsp3) is 0.545. The molecule has 15 heavy (non-hydrogen) atoms. The van der Waals surface area contributed by atoms with E-state index in [1.807, 2.05) is 6.92 Å². The summed E-state index contributed by atoms with van der Waals surface area (Å²) in [6, 6.07) is 1.66. The molecule has 1 rings (SSSR count). The third kappa shape index (κ3) is 3.40. The number of amides is 1. The van der Waals surface area contributed by atoms with Crippen LogP contribution in [0.15, 0.2) is 16.7 Å². The molecule has 0 saturated heterocycles. The molecule has 0 saturated carbocycles. The largest absolute Gasteiger partial charge is 0.469 e. The molecule has 1 aromatic rings. The molecule has 84 valence electrons. The summed E-state index contributed by atoms with van der Waals surface area (Å²) in [6.45, 7) is 4.11. The number of hydrogen-bond acceptors (Lipinski definition) is 3. The highest BCUT2D eigenvalue weighted by Gasteiger charge is 2.12. The van der Waals surface area contributed by atoms with Crippen LogP contribution >= 0.6 is 0 Å². The van der Waals surface area contributed by atoms with Crippen molar-refractivity contribution in [3.05, 3.63) is 23.7 Å². The molecule has 0 radical (unpaired) electrons. The van der Waals surface area contributed by atoms with Crippen molar-refractivity contribution in [2.75, 3.05) is 6.54 Å². The van der Waals surface area contributed by atoms with Crippen LogP contribution in [0.2, 0.25) is 0 Å². The van der Waals surface area contributed by atoms with E-state index in [-0.39, 0.29) is 12.0 Å². The Labute approximate surface area is 89.3 Å². The first-order chi connectivity index (χ1) is 7.15. The SMILES string of the molecule is CCc1occc1C(=O)NCCC(C)O. The van der Waals surface area contributed by atoms with Crippen LogP contribution in [-0.2, 0) is 6.42 Å². The van der Waals surface area contributed by atoms with Crippen LogP contribution < -0.4 is 5.32 Å². The minimum absolute atomic E-state index is 0.138. The Hall–Kier alpha value is -1.29. The van der Waals surface area contributed by atoms with Gasteiger partial charge in [-0.15, -0.1) is 0 Å². The Morgan fingerprint density at radius 2 is 2.40 bits per heavy atom. The molecule has 0 aliphatic carbocycles. The van der Waals surface area contributed by atoms with Crippen molar-refractivity contribution < 1.29 is 14.3 Å². The van der Waals surface area contributed by atoms with Gasteiger partial charge >= 0.3 is 0 Å². The standard InChI is InChI=1S/C11H17NO3/c1-3-10-9(5-7-15-10)11(14)12-6-4-8(2)13/h5,7-8,13H,3-4,6H2,1-2H3,(H,12,14). The van der Waals surface area contributed by atoms with Crippen molar-refractivity contribution in [1.29, 1.82) is 0 Å². The lowest BCUT2D eigenvalue weighted by Crippen LogP contribution is -2.26. The van der Waals surface area contributed by atoms with Gasteiger partial charge in [0.2, 0.25) is 0 Å². The number of carbonyl (C=O) groups excluding carboxylic acids is 1. The van der Waals surface area contributed by atoms with Crippen LogP contribution in [0.1, 0.15) is 36.4 Å². The molecular weight excluding hydrogens is 194 g/mol. The van der Waals surface area contributed by atoms with Crippen molar-refractivity contribution in [1.82, 2.24) is 5.32 Å². The monoisotopic (exact) mass is 211 g/mol. The maximum atomic E-state index is 11.6. The van der Waals surface area contributed by atoms with Crippen LogP contribution in [-0.4, -0.2) is 23.7 Å². The highest BCUT2D eigenvalue weighted by atomic mass is 16.3. The Kier molecular flexibility index (Phi) is 4.37. The molecule has 0 aromatic carbocycles. The first kappa shape index (κ1) is 11.8. The predicted octanol–water partition coefficient (Wildman–Crippen LogP) is 1.34. The molecule has 1 aromatic heterocycles. The van der Waals surface area contributed by atoms with E-state index in [0.29, 0.717) is 30.7 Å². The molecule has 0 aliphatic rings. The summed E-state index contributed by atoms with van der Waals surface area (Å²) in [7, 11) is 0. The van der Waals surface area contributed by atoms with E-state index in [1.165, 1.54) is 6.26 Å². The van der Waals surface area contributed by atoms with E-state index >= 15 is 0 Å². The number of nitrogens with one attached hydrogen (secondary N) is 1. The summed E-state index contributed by atoms with van der Waals surface area (Å²) in [5.41, 5.74) is 0.586. The van der Waals surface area contributed by atoms with Gasteiger partial charge in [-0.1, -0.05) is 6.92 Å². The molecule has 1 amide bonds. The molecule has 4 nitrogen and oxygen atoms in total. The number of furan rings is 1. The number of aliphatic hydroxyl groups excluding tert-OH is 1. The third-order valence-corrected chi connectivity index (χ3v) is 2.16. The van der Waals surface area contributed by atoms with Gasteiger partial charge in [0.15, 0.2) is 0 Å². The van der Waals surface area contributed by atoms with Crippen molar-refractivity contribution in [3.63, 3.8) is 0 Å². The molecule has 2 N–H and O–H groups in total. The summed E-state index contributed by atoms with van der Waals surface area (Å²) >= 11 is 0. The first-order valence-electron chi connectivity index (χ1n) is 5.17. The van der Waals surface area contributed by atoms with Gasteiger partial charge in [0, 0.05) is 13.0 Å². The highest BCUT2D eigenvalue weighted by molar-refractivity contribution is 5.95. The lowest BCUT2D eigenvalue weighted by atomic mass is 10.2. The Bertz CT molecular complexity index is 317. The Morgan fingerprint density at radius 3 is 3.00 bits per heavy atom. The maximum Gasteiger partial charge on any atom is 0.254 e. The third-order valence-electron chi connectivity index (χ3n) is 2.16. The first-order valence-corrected chi connectivity index (χ1v) is 5.17. The second-order valence-electron chi connectivity index (χ2n) is 3.50. The molecule has 0 aliphatic heterocycles. The maximum absolute atomic E-state index is 11.6. The number of carbonyl (C=O) groups is 1. The fourth-order valence-electron chi connectivity index (χ4n) is 1.31. The quantitative estimate of drug-likeness (QED) is 0.772. The van der Waals surface area contributed by atoms with E-state index in [4.69, 9.17) is 9.52 Å². The van der Waals surface area contributed by atoms with Gasteiger partial charge in [-0.05, 0) is 19.4 Å². The van der Waals surface area contributed by atoms with Crippen LogP contribution in [0, 0.1) is 0 Å². The summed E-state index contributed by atoms with van der Waals surface area (Å²) < 4.78 is 5.15. The van der Waals surface area contributed by atoms with Gasteiger partial charge in [-0.3, -0.25) is 4.79 Å². The van der Waals surface area contributed by atoms with E-state index in [9.17, 15) is 4.79 Å². The Morgan fingerprint density at radius 1 is 1.67 bits per heavy atom. The summed E-state index contributed by atoms with van der Waals surface area (Å²) in [5.74, 6) is 0.561. The average molecular weight is 211 g/mol. The van der Waals surface area contributed by atoms with Gasteiger partial charge in [0.25, 0.3) is 5.91 Å².